The van der Waals surface area contributed by atoms with Crippen molar-refractivity contribution < 1.29 is 4.84 Å². The van der Waals surface area contributed by atoms with E-state index in [0.29, 0.717) is 21.1 Å². The number of nitrogens with one attached hydrogen (secondary N) is 1. The van der Waals surface area contributed by atoms with Crippen LogP contribution in [0.3, 0.4) is 0 Å². The van der Waals surface area contributed by atoms with Crippen molar-refractivity contribution in [2.45, 2.75) is 24.9 Å². The smallest absolute Gasteiger partial charge is 0.212 e. The average Bonchev–Trinajstić information content (AvgIpc) is 3.13. The van der Waals surface area contributed by atoms with Crippen LogP contribution in [0.2, 0.25) is 10.0 Å². The zero-order valence-corrected chi connectivity index (χ0v) is 15.2. The second kappa shape index (κ2) is 5.54. The monoisotopic (exact) mass is 382 g/mol. The van der Waals surface area contributed by atoms with Gasteiger partial charge in [-0.05, 0) is 44.0 Å². The number of rotatable bonds is 1. The number of benzene rings is 1. The van der Waals surface area contributed by atoms with Crippen molar-refractivity contribution >= 4 is 55.7 Å². The minimum Gasteiger partial charge on any atom is -0.300 e. The van der Waals surface area contributed by atoms with E-state index in [1.807, 2.05) is 6.07 Å². The van der Waals surface area contributed by atoms with Crippen LogP contribution in [0.15, 0.2) is 17.1 Å². The Kier molecular flexibility index (Phi) is 3.54. The van der Waals surface area contributed by atoms with Gasteiger partial charge in [-0.2, -0.15) is 0 Å². The van der Waals surface area contributed by atoms with Crippen LogP contribution in [-0.2, 0) is 4.84 Å². The molecule has 0 radical (unpaired) electrons. The standard InChI is InChI=1S/C16H16Cl2N4OS/c17-10-5-11(18)14-12(6-10)19-15(24-14)20-13-7-16(23-21-13)8-22-3-1-9(16)2-4-22/h5-6,9H,1-4,7-8H2,(H,19,20,21)/t16-/m0/s1. The van der Waals surface area contributed by atoms with E-state index in [9.17, 15) is 0 Å². The molecule has 5 nitrogen and oxygen atoms in total. The molecular formula is C16H16Cl2N4OS. The lowest BCUT2D eigenvalue weighted by atomic mass is 9.74. The zero-order valence-electron chi connectivity index (χ0n) is 12.9. The third kappa shape index (κ3) is 2.44. The summed E-state index contributed by atoms with van der Waals surface area (Å²) in [6.45, 7) is 3.38. The Labute approximate surface area is 153 Å². The Morgan fingerprint density at radius 1 is 1.33 bits per heavy atom. The number of hydrogen-bond donors (Lipinski definition) is 1. The van der Waals surface area contributed by atoms with Gasteiger partial charge >= 0.3 is 0 Å². The lowest BCUT2D eigenvalue weighted by Crippen LogP contribution is -2.59. The Hall–Kier alpha value is -0.920. The molecule has 1 aromatic heterocycles. The Morgan fingerprint density at radius 3 is 2.92 bits per heavy atom. The van der Waals surface area contributed by atoms with E-state index in [1.54, 1.807) is 6.07 Å². The molecule has 0 saturated carbocycles. The van der Waals surface area contributed by atoms with E-state index in [0.717, 1.165) is 29.0 Å². The van der Waals surface area contributed by atoms with E-state index in [1.165, 1.54) is 37.3 Å². The van der Waals surface area contributed by atoms with Crippen LogP contribution in [-0.4, -0.2) is 41.0 Å². The number of hydrogen-bond acceptors (Lipinski definition) is 5. The molecule has 4 aliphatic rings. The molecule has 0 unspecified atom stereocenters. The van der Waals surface area contributed by atoms with Crippen molar-refractivity contribution in [3.63, 3.8) is 0 Å². The van der Waals surface area contributed by atoms with Crippen LogP contribution < -0.4 is 5.48 Å². The third-order valence-electron chi connectivity index (χ3n) is 5.29. The van der Waals surface area contributed by atoms with Crippen molar-refractivity contribution in [1.82, 2.24) is 15.4 Å². The van der Waals surface area contributed by atoms with Crippen molar-refractivity contribution in [2.75, 3.05) is 19.6 Å². The second-order valence-corrected chi connectivity index (χ2v) is 8.61. The fraction of sp³-hybridized carbons (Fsp3) is 0.500. The van der Waals surface area contributed by atoms with Crippen molar-refractivity contribution in [1.29, 1.82) is 0 Å². The van der Waals surface area contributed by atoms with E-state index in [4.69, 9.17) is 28.0 Å². The first-order chi connectivity index (χ1) is 11.6. The average molecular weight is 383 g/mol. The van der Waals surface area contributed by atoms with Gasteiger partial charge in [0.05, 0.1) is 15.2 Å². The summed E-state index contributed by atoms with van der Waals surface area (Å²) in [4.78, 5) is 17.7. The first kappa shape index (κ1) is 15.3. The largest absolute Gasteiger partial charge is 0.300 e. The van der Waals surface area contributed by atoms with Gasteiger partial charge in [0.15, 0.2) is 0 Å². The predicted octanol–water partition coefficient (Wildman–Crippen LogP) is 4.02. The highest BCUT2D eigenvalue weighted by Gasteiger charge is 2.52. The molecule has 0 aliphatic carbocycles. The molecular weight excluding hydrogens is 367 g/mol. The van der Waals surface area contributed by atoms with Gasteiger partial charge < -0.3 is 4.90 Å². The molecule has 4 aliphatic heterocycles. The summed E-state index contributed by atoms with van der Waals surface area (Å²) in [5, 5.41) is 1.88. The van der Waals surface area contributed by atoms with Crippen LogP contribution in [0.4, 0.5) is 5.13 Å². The normalized spacial score (nSPS) is 33.7. The van der Waals surface area contributed by atoms with Gasteiger partial charge in [0.1, 0.15) is 11.4 Å². The lowest BCUT2D eigenvalue weighted by molar-refractivity contribution is -0.150. The highest BCUT2D eigenvalue weighted by Crippen LogP contribution is 2.43. The molecule has 1 aromatic carbocycles. The molecule has 4 saturated heterocycles. The number of amidine groups is 1. The van der Waals surface area contributed by atoms with Crippen LogP contribution in [0, 0.1) is 5.92 Å². The topological polar surface area (TPSA) is 49.8 Å². The van der Waals surface area contributed by atoms with Crippen molar-refractivity contribution in [3.8, 4) is 0 Å². The van der Waals surface area contributed by atoms with Gasteiger partial charge in [-0.15, -0.1) is 0 Å². The number of halogens is 2. The molecule has 4 fully saturated rings. The molecule has 0 amide bonds. The van der Waals surface area contributed by atoms with Gasteiger partial charge in [-0.25, -0.2) is 9.98 Å². The van der Waals surface area contributed by atoms with Gasteiger partial charge in [0.2, 0.25) is 5.13 Å². The van der Waals surface area contributed by atoms with E-state index < -0.39 is 0 Å². The molecule has 6 rings (SSSR count). The SMILES string of the molecule is Clc1cc(Cl)c2sc(N=C3C[C@@]4(CN5CCC4CC5)ON3)nc2c1. The molecule has 126 valence electrons. The fourth-order valence-corrected chi connectivity index (χ4v) is 5.58. The molecule has 8 heteroatoms. The summed E-state index contributed by atoms with van der Waals surface area (Å²) in [5.74, 6) is 1.47. The molecule has 2 bridgehead atoms. The summed E-state index contributed by atoms with van der Waals surface area (Å²) in [6, 6.07) is 3.55. The highest BCUT2D eigenvalue weighted by atomic mass is 35.5. The van der Waals surface area contributed by atoms with E-state index >= 15 is 0 Å². The van der Waals surface area contributed by atoms with E-state index in [2.05, 4.69) is 20.4 Å². The highest BCUT2D eigenvalue weighted by molar-refractivity contribution is 7.22. The Morgan fingerprint density at radius 2 is 2.17 bits per heavy atom. The van der Waals surface area contributed by atoms with Crippen molar-refractivity contribution in [2.24, 2.45) is 10.9 Å². The molecule has 1 N–H and O–H groups in total. The fourth-order valence-electron chi connectivity index (χ4n) is 4.13. The first-order valence-corrected chi connectivity index (χ1v) is 9.68. The van der Waals surface area contributed by atoms with Crippen LogP contribution in [0.25, 0.3) is 10.2 Å². The summed E-state index contributed by atoms with van der Waals surface area (Å²) in [7, 11) is 0. The number of nitrogens with zero attached hydrogens (tertiary/aromatic N) is 3. The molecule has 5 heterocycles. The molecule has 24 heavy (non-hydrogen) atoms. The van der Waals surface area contributed by atoms with Crippen LogP contribution in [0.5, 0.6) is 0 Å². The minimum atomic E-state index is -0.118. The summed E-state index contributed by atoms with van der Waals surface area (Å²) in [6.07, 6.45) is 3.24. The van der Waals surface area contributed by atoms with Crippen LogP contribution in [0.1, 0.15) is 19.3 Å². The summed E-state index contributed by atoms with van der Waals surface area (Å²) in [5.41, 5.74) is 3.72. The maximum Gasteiger partial charge on any atom is 0.212 e. The predicted molar refractivity (Wildman–Crippen MR) is 97.5 cm³/mol. The number of aromatic nitrogens is 1. The van der Waals surface area contributed by atoms with Gasteiger partial charge in [0, 0.05) is 18.0 Å². The first-order valence-electron chi connectivity index (χ1n) is 8.11. The molecule has 1 spiro atoms. The number of hydroxylamine groups is 1. The van der Waals surface area contributed by atoms with E-state index in [-0.39, 0.29) is 5.60 Å². The number of aliphatic imine (C=N–C) groups is 1. The quantitative estimate of drug-likeness (QED) is 0.808. The summed E-state index contributed by atoms with van der Waals surface area (Å²) < 4.78 is 0.914. The van der Waals surface area contributed by atoms with Crippen molar-refractivity contribution in [3.05, 3.63) is 22.2 Å². The summed E-state index contributed by atoms with van der Waals surface area (Å²) >= 11 is 13.8. The second-order valence-electron chi connectivity index (χ2n) is 6.79. The Balaban J connectivity index is 1.44. The zero-order chi connectivity index (χ0) is 16.3. The number of piperidine rings is 3. The minimum absolute atomic E-state index is 0.118. The Bertz CT molecular complexity index is 846. The van der Waals surface area contributed by atoms with Crippen LogP contribution >= 0.6 is 34.5 Å². The maximum atomic E-state index is 6.24. The third-order valence-corrected chi connectivity index (χ3v) is 6.92. The van der Waals surface area contributed by atoms with Gasteiger partial charge in [-0.1, -0.05) is 34.5 Å². The lowest BCUT2D eigenvalue weighted by Gasteiger charge is -2.49. The van der Waals surface area contributed by atoms with Gasteiger partial charge in [-0.3, -0.25) is 10.3 Å². The molecule has 2 aromatic rings. The maximum absolute atomic E-state index is 6.24. The number of thiazole rings is 1. The molecule has 1 atom stereocenters. The van der Waals surface area contributed by atoms with Gasteiger partial charge in [0.25, 0.3) is 0 Å². The number of fused-ring (bicyclic) bond motifs is 3.